The van der Waals surface area contributed by atoms with E-state index in [1.54, 1.807) is 19.2 Å². The van der Waals surface area contributed by atoms with Crippen molar-refractivity contribution in [3.8, 4) is 0 Å². The van der Waals surface area contributed by atoms with Gasteiger partial charge in [0.15, 0.2) is 0 Å². The molecule has 2 aromatic rings. The minimum Gasteiger partial charge on any atom is -0.324 e. The molecular formula is C25H25Cl2F6N3O. The van der Waals surface area contributed by atoms with Crippen LogP contribution in [0, 0.1) is 0 Å². The lowest BCUT2D eigenvalue weighted by Crippen LogP contribution is -2.53. The summed E-state index contributed by atoms with van der Waals surface area (Å²) in [6.45, 7) is 1.19. The topological polar surface area (TPSA) is 35.6 Å². The Balaban J connectivity index is 1.64. The molecule has 0 aromatic heterocycles. The first-order valence-electron chi connectivity index (χ1n) is 11.6. The number of hydrogen-bond acceptors (Lipinski definition) is 2. The van der Waals surface area contributed by atoms with Crippen LogP contribution in [0.1, 0.15) is 47.4 Å². The maximum Gasteiger partial charge on any atom is 0.416 e. The molecule has 4 rings (SSSR count). The van der Waals surface area contributed by atoms with Gasteiger partial charge in [-0.05, 0) is 67.3 Å². The van der Waals surface area contributed by atoms with Crippen LogP contribution in [-0.2, 0) is 17.9 Å². The summed E-state index contributed by atoms with van der Waals surface area (Å²) in [5.74, 6) is -0.147. The number of carbonyl (C=O) groups is 1. The molecule has 12 heteroatoms. The van der Waals surface area contributed by atoms with Crippen molar-refractivity contribution in [3.63, 3.8) is 0 Å². The lowest BCUT2D eigenvalue weighted by molar-refractivity contribution is -0.143. The third-order valence-electron chi connectivity index (χ3n) is 7.39. The number of alkyl halides is 6. The van der Waals surface area contributed by atoms with Gasteiger partial charge < -0.3 is 15.1 Å². The molecule has 1 aliphatic heterocycles. The van der Waals surface area contributed by atoms with Gasteiger partial charge in [-0.2, -0.15) is 26.3 Å². The molecule has 1 saturated carbocycles. The second-order valence-electron chi connectivity index (χ2n) is 9.62. The Morgan fingerprint density at radius 3 is 2.05 bits per heavy atom. The van der Waals surface area contributed by atoms with Crippen molar-refractivity contribution in [2.75, 3.05) is 27.2 Å². The fraction of sp³-hybridized carbons (Fsp3) is 0.480. The van der Waals surface area contributed by atoms with E-state index in [4.69, 9.17) is 23.2 Å². The molecule has 2 atom stereocenters. The molecule has 2 aromatic carbocycles. The minimum absolute atomic E-state index is 0.102. The zero-order chi connectivity index (χ0) is 27.3. The van der Waals surface area contributed by atoms with Gasteiger partial charge in [0.05, 0.1) is 26.7 Å². The number of amides is 2. The third kappa shape index (κ3) is 5.52. The average molecular weight is 568 g/mol. The van der Waals surface area contributed by atoms with Gasteiger partial charge in [-0.25, -0.2) is 4.79 Å². The SMILES string of the molecule is CN(C(=O)N(C)C1(c2cc(C(F)(F)F)cc(C(F)(F)F)c2)CC1)[C@@H]1CCNC[C@H]1c1ccc(Cl)c(Cl)c1. The second kappa shape index (κ2) is 9.85. The van der Waals surface area contributed by atoms with Crippen LogP contribution in [0.3, 0.4) is 0 Å². The Morgan fingerprint density at radius 2 is 1.54 bits per heavy atom. The number of piperidine rings is 1. The first-order chi connectivity index (χ1) is 17.1. The van der Waals surface area contributed by atoms with Crippen molar-refractivity contribution < 1.29 is 31.1 Å². The third-order valence-corrected chi connectivity index (χ3v) is 8.13. The van der Waals surface area contributed by atoms with E-state index < -0.39 is 35.0 Å². The van der Waals surface area contributed by atoms with Crippen molar-refractivity contribution in [1.29, 1.82) is 0 Å². The van der Waals surface area contributed by atoms with E-state index in [0.29, 0.717) is 29.6 Å². The Labute approximate surface area is 220 Å². The first kappa shape index (κ1) is 27.9. The molecule has 0 spiro atoms. The lowest BCUT2D eigenvalue weighted by atomic mass is 9.86. The Bertz CT molecular complexity index is 1150. The van der Waals surface area contributed by atoms with Crippen LogP contribution in [0.2, 0.25) is 10.0 Å². The lowest BCUT2D eigenvalue weighted by Gasteiger charge is -2.42. The van der Waals surface area contributed by atoms with E-state index in [1.165, 1.54) is 16.8 Å². The van der Waals surface area contributed by atoms with E-state index in [-0.39, 0.29) is 36.4 Å². The summed E-state index contributed by atoms with van der Waals surface area (Å²) < 4.78 is 80.7. The highest BCUT2D eigenvalue weighted by molar-refractivity contribution is 6.42. The molecule has 1 saturated heterocycles. The zero-order valence-electron chi connectivity index (χ0n) is 20.0. The number of urea groups is 1. The highest BCUT2D eigenvalue weighted by atomic mass is 35.5. The summed E-state index contributed by atoms with van der Waals surface area (Å²) in [6.07, 6.45) is -8.83. The van der Waals surface area contributed by atoms with E-state index in [0.717, 1.165) is 17.7 Å². The molecular weight excluding hydrogens is 543 g/mol. The molecule has 0 radical (unpaired) electrons. The first-order valence-corrected chi connectivity index (χ1v) is 12.4. The van der Waals surface area contributed by atoms with Gasteiger partial charge in [0.2, 0.25) is 0 Å². The maximum atomic E-state index is 13.6. The van der Waals surface area contributed by atoms with Crippen LogP contribution in [0.25, 0.3) is 0 Å². The van der Waals surface area contributed by atoms with E-state index >= 15 is 0 Å². The molecule has 0 bridgehead atoms. The number of hydrogen-bond donors (Lipinski definition) is 1. The smallest absolute Gasteiger partial charge is 0.324 e. The number of rotatable bonds is 4. The largest absolute Gasteiger partial charge is 0.416 e. The molecule has 2 amide bonds. The summed E-state index contributed by atoms with van der Waals surface area (Å²) in [6, 6.07) is 6.00. The summed E-state index contributed by atoms with van der Waals surface area (Å²) >= 11 is 12.2. The Morgan fingerprint density at radius 1 is 0.946 bits per heavy atom. The molecule has 2 aliphatic rings. The Kier molecular flexibility index (Phi) is 7.42. The molecule has 1 aliphatic carbocycles. The zero-order valence-corrected chi connectivity index (χ0v) is 21.5. The Hall–Kier alpha value is -2.17. The summed E-state index contributed by atoms with van der Waals surface area (Å²) in [5, 5.41) is 4.05. The van der Waals surface area contributed by atoms with Crippen molar-refractivity contribution in [1.82, 2.24) is 15.1 Å². The van der Waals surface area contributed by atoms with Crippen LogP contribution in [0.4, 0.5) is 31.1 Å². The quantitative estimate of drug-likeness (QED) is 0.398. The molecule has 202 valence electrons. The average Bonchev–Trinajstić information content (AvgIpc) is 3.65. The van der Waals surface area contributed by atoms with Crippen molar-refractivity contribution in [2.45, 2.75) is 49.1 Å². The van der Waals surface area contributed by atoms with E-state index in [2.05, 4.69) is 5.32 Å². The highest BCUT2D eigenvalue weighted by Crippen LogP contribution is 2.53. The van der Waals surface area contributed by atoms with Gasteiger partial charge in [-0.15, -0.1) is 0 Å². The van der Waals surface area contributed by atoms with Crippen LogP contribution in [0.5, 0.6) is 0 Å². The normalized spacial score (nSPS) is 21.5. The van der Waals surface area contributed by atoms with Gasteiger partial charge in [-0.3, -0.25) is 0 Å². The van der Waals surface area contributed by atoms with Crippen LogP contribution < -0.4 is 5.32 Å². The maximum absolute atomic E-state index is 13.6. The van der Waals surface area contributed by atoms with Crippen molar-refractivity contribution >= 4 is 29.2 Å². The van der Waals surface area contributed by atoms with E-state index in [9.17, 15) is 31.1 Å². The summed E-state index contributed by atoms with van der Waals surface area (Å²) in [4.78, 5) is 16.4. The number of nitrogens with one attached hydrogen (secondary N) is 1. The molecule has 1 N–H and O–H groups in total. The van der Waals surface area contributed by atoms with Gasteiger partial charge in [0, 0.05) is 32.6 Å². The molecule has 37 heavy (non-hydrogen) atoms. The highest BCUT2D eigenvalue weighted by Gasteiger charge is 2.53. The monoisotopic (exact) mass is 567 g/mol. The second-order valence-corrected chi connectivity index (χ2v) is 10.4. The number of likely N-dealkylation sites (N-methyl/N-ethyl adjacent to an activating group) is 1. The standard InChI is InChI=1S/C25H25Cl2F6N3O/c1-35(21-5-8-34-13-18(21)14-3-4-19(26)20(27)9-14)22(37)36(2)23(6-7-23)15-10-16(24(28,29)30)12-17(11-15)25(31,32)33/h3-4,9-12,18,21,34H,5-8,13H2,1-2H3/t18-,21+/m0/s1. The molecule has 1 heterocycles. The van der Waals surface area contributed by atoms with Gasteiger partial charge in [0.1, 0.15) is 0 Å². The number of carbonyl (C=O) groups excluding carboxylic acids is 1. The van der Waals surface area contributed by atoms with Crippen LogP contribution in [-0.4, -0.2) is 49.1 Å². The van der Waals surface area contributed by atoms with E-state index in [1.807, 2.05) is 6.07 Å². The number of nitrogens with zero attached hydrogens (tertiary/aromatic N) is 2. The predicted molar refractivity (Wildman–Crippen MR) is 129 cm³/mol. The number of benzene rings is 2. The predicted octanol–water partition coefficient (Wildman–Crippen LogP) is 7.15. The fourth-order valence-corrected chi connectivity index (χ4v) is 5.42. The minimum atomic E-state index is -4.96. The molecule has 4 nitrogen and oxygen atoms in total. The summed E-state index contributed by atoms with van der Waals surface area (Å²) in [5.41, 5.74) is -3.35. The van der Waals surface area contributed by atoms with Gasteiger partial charge in [0.25, 0.3) is 0 Å². The number of halogens is 8. The van der Waals surface area contributed by atoms with Crippen molar-refractivity contribution in [3.05, 3.63) is 68.7 Å². The van der Waals surface area contributed by atoms with Gasteiger partial charge >= 0.3 is 18.4 Å². The molecule has 0 unspecified atom stereocenters. The van der Waals surface area contributed by atoms with Crippen LogP contribution in [0.15, 0.2) is 36.4 Å². The molecule has 2 fully saturated rings. The van der Waals surface area contributed by atoms with Gasteiger partial charge in [-0.1, -0.05) is 29.3 Å². The fourth-order valence-electron chi connectivity index (χ4n) is 5.11. The summed E-state index contributed by atoms with van der Waals surface area (Å²) in [7, 11) is 3.03. The van der Waals surface area contributed by atoms with Crippen LogP contribution >= 0.6 is 23.2 Å². The van der Waals surface area contributed by atoms with Crippen molar-refractivity contribution in [2.24, 2.45) is 0 Å².